The maximum absolute atomic E-state index is 13.2. The topological polar surface area (TPSA) is 30.9 Å². The average Bonchev–Trinajstić information content (AvgIpc) is 2.75. The van der Waals surface area contributed by atoms with Crippen LogP contribution in [-0.4, -0.2) is 10.1 Å². The summed E-state index contributed by atoms with van der Waals surface area (Å²) in [7, 11) is 0. The van der Waals surface area contributed by atoms with Crippen LogP contribution in [0.4, 0.5) is 4.39 Å². The number of aromatic nitrogens is 1. The maximum atomic E-state index is 13.2. The number of hydrogen-bond acceptors (Lipinski definition) is 1. The molecule has 0 aliphatic heterocycles. The fourth-order valence-electron chi connectivity index (χ4n) is 4.37. The molecular formula is C23H27FN2. The molecule has 1 aliphatic carbocycles. The van der Waals surface area contributed by atoms with E-state index in [4.69, 9.17) is 5.73 Å². The van der Waals surface area contributed by atoms with Gasteiger partial charge in [-0.25, -0.2) is 4.39 Å². The number of aryl methyl sites for hydroxylation is 3. The molecular weight excluding hydrogens is 323 g/mol. The molecule has 0 saturated heterocycles. The Bertz CT molecular complexity index is 935. The van der Waals surface area contributed by atoms with Crippen molar-refractivity contribution in [2.24, 2.45) is 5.73 Å². The van der Waals surface area contributed by atoms with Crippen LogP contribution in [0.2, 0.25) is 0 Å². The summed E-state index contributed by atoms with van der Waals surface area (Å²) in [4.78, 5) is 0. The van der Waals surface area contributed by atoms with Crippen molar-refractivity contribution in [3.63, 3.8) is 0 Å². The molecule has 1 heterocycles. The van der Waals surface area contributed by atoms with Crippen molar-refractivity contribution in [3.8, 4) is 0 Å². The molecule has 2 aromatic carbocycles. The first-order chi connectivity index (χ1) is 12.4. The summed E-state index contributed by atoms with van der Waals surface area (Å²) in [5.74, 6) is -0.174. The molecule has 2 N–H and O–H groups in total. The molecule has 26 heavy (non-hydrogen) atoms. The smallest absolute Gasteiger partial charge is 0.123 e. The molecule has 4 rings (SSSR count). The molecule has 2 nitrogen and oxygen atoms in total. The predicted molar refractivity (Wildman–Crippen MR) is 106 cm³/mol. The van der Waals surface area contributed by atoms with Crippen LogP contribution < -0.4 is 5.73 Å². The maximum Gasteiger partial charge on any atom is 0.123 e. The lowest BCUT2D eigenvalue weighted by atomic mass is 9.91. The van der Waals surface area contributed by atoms with Gasteiger partial charge < -0.3 is 10.3 Å². The van der Waals surface area contributed by atoms with E-state index < -0.39 is 0 Å². The Morgan fingerprint density at radius 1 is 1.15 bits per heavy atom. The summed E-state index contributed by atoms with van der Waals surface area (Å²) in [6.07, 6.45) is 5.12. The molecule has 0 bridgehead atoms. The summed E-state index contributed by atoms with van der Waals surface area (Å²) in [6.45, 7) is 5.25. The normalized spacial score (nSPS) is 20.2. The first kappa shape index (κ1) is 17.3. The highest BCUT2D eigenvalue weighted by Crippen LogP contribution is 2.34. The summed E-state index contributed by atoms with van der Waals surface area (Å²) in [6, 6.07) is 13.6. The second kappa shape index (κ2) is 6.55. The monoisotopic (exact) mass is 350 g/mol. The second-order valence-electron chi connectivity index (χ2n) is 8.16. The van der Waals surface area contributed by atoms with E-state index in [9.17, 15) is 4.39 Å². The molecule has 1 aromatic heterocycles. The summed E-state index contributed by atoms with van der Waals surface area (Å²) < 4.78 is 15.7. The Hall–Kier alpha value is -2.13. The number of nitrogens with two attached hydrogens (primary N) is 1. The van der Waals surface area contributed by atoms with Crippen LogP contribution in [0.25, 0.3) is 10.9 Å². The van der Waals surface area contributed by atoms with Gasteiger partial charge in [0.1, 0.15) is 5.82 Å². The van der Waals surface area contributed by atoms with Gasteiger partial charge in [-0.05, 0) is 81.3 Å². The number of nitrogens with zero attached hydrogens (tertiary/aromatic N) is 1. The van der Waals surface area contributed by atoms with Crippen LogP contribution >= 0.6 is 0 Å². The lowest BCUT2D eigenvalue weighted by Crippen LogP contribution is -2.37. The Labute approximate surface area is 154 Å². The zero-order valence-electron chi connectivity index (χ0n) is 15.7. The Balaban J connectivity index is 1.76. The van der Waals surface area contributed by atoms with Crippen molar-refractivity contribution in [1.82, 2.24) is 4.57 Å². The van der Waals surface area contributed by atoms with E-state index in [0.29, 0.717) is 0 Å². The minimum absolute atomic E-state index is 0.134. The number of halogens is 1. The fraction of sp³-hybridized carbons (Fsp3) is 0.391. The molecule has 0 amide bonds. The lowest BCUT2D eigenvalue weighted by Gasteiger charge is -2.22. The van der Waals surface area contributed by atoms with Crippen molar-refractivity contribution in [2.75, 3.05) is 0 Å². The van der Waals surface area contributed by atoms with Gasteiger partial charge in [-0.2, -0.15) is 0 Å². The molecule has 136 valence electrons. The van der Waals surface area contributed by atoms with E-state index >= 15 is 0 Å². The van der Waals surface area contributed by atoms with E-state index in [1.165, 1.54) is 33.3 Å². The van der Waals surface area contributed by atoms with E-state index in [-0.39, 0.29) is 11.4 Å². The minimum atomic E-state index is -0.174. The third-order valence-corrected chi connectivity index (χ3v) is 5.72. The van der Waals surface area contributed by atoms with E-state index in [1.807, 2.05) is 12.1 Å². The highest BCUT2D eigenvalue weighted by molar-refractivity contribution is 5.86. The third-order valence-electron chi connectivity index (χ3n) is 5.72. The highest BCUT2D eigenvalue weighted by atomic mass is 19.1. The van der Waals surface area contributed by atoms with Crippen LogP contribution in [0.15, 0.2) is 42.5 Å². The predicted octanol–water partition coefficient (Wildman–Crippen LogP) is 4.93. The molecule has 0 saturated carbocycles. The van der Waals surface area contributed by atoms with Gasteiger partial charge in [0.15, 0.2) is 0 Å². The fourth-order valence-corrected chi connectivity index (χ4v) is 4.37. The second-order valence-corrected chi connectivity index (χ2v) is 8.16. The molecule has 3 heteroatoms. The Morgan fingerprint density at radius 2 is 1.92 bits per heavy atom. The molecule has 0 radical (unpaired) electrons. The van der Waals surface area contributed by atoms with Crippen LogP contribution in [0.3, 0.4) is 0 Å². The lowest BCUT2D eigenvalue weighted by molar-refractivity contribution is 0.429. The van der Waals surface area contributed by atoms with Crippen LogP contribution in [-0.2, 0) is 25.8 Å². The van der Waals surface area contributed by atoms with Gasteiger partial charge in [-0.3, -0.25) is 0 Å². The van der Waals surface area contributed by atoms with Gasteiger partial charge in [-0.15, -0.1) is 0 Å². The van der Waals surface area contributed by atoms with Crippen LogP contribution in [0.5, 0.6) is 0 Å². The molecule has 0 fully saturated rings. The van der Waals surface area contributed by atoms with E-state index in [1.54, 1.807) is 12.1 Å². The Morgan fingerprint density at radius 3 is 2.69 bits per heavy atom. The molecule has 0 spiro atoms. The van der Waals surface area contributed by atoms with Gasteiger partial charge >= 0.3 is 0 Å². The standard InChI is InChI=1S/C23H27FN2/c1-16-5-10-22-19(14-16)20-15-23(2,25)12-3-4-21(20)26(22)13-11-17-6-8-18(24)9-7-17/h5-10,14H,3-4,11-13,15,25H2,1-2H3. The number of rotatable bonds is 3. The van der Waals surface area contributed by atoms with Gasteiger partial charge in [0.05, 0.1) is 0 Å². The van der Waals surface area contributed by atoms with Crippen LogP contribution in [0.1, 0.15) is 42.1 Å². The number of hydrogen-bond donors (Lipinski definition) is 1. The summed E-state index contributed by atoms with van der Waals surface area (Å²) >= 11 is 0. The summed E-state index contributed by atoms with van der Waals surface area (Å²) in [5.41, 5.74) is 13.1. The number of benzene rings is 2. The van der Waals surface area contributed by atoms with Gasteiger partial charge in [0.2, 0.25) is 0 Å². The van der Waals surface area contributed by atoms with E-state index in [2.05, 4.69) is 36.6 Å². The van der Waals surface area contributed by atoms with Gasteiger partial charge in [0, 0.05) is 28.7 Å². The van der Waals surface area contributed by atoms with Crippen molar-refractivity contribution < 1.29 is 4.39 Å². The van der Waals surface area contributed by atoms with Gasteiger partial charge in [0.25, 0.3) is 0 Å². The first-order valence-corrected chi connectivity index (χ1v) is 9.57. The third kappa shape index (κ3) is 3.28. The zero-order chi connectivity index (χ0) is 18.3. The molecule has 3 aromatic rings. The number of fused-ring (bicyclic) bond motifs is 3. The van der Waals surface area contributed by atoms with E-state index in [0.717, 1.165) is 38.6 Å². The SMILES string of the molecule is Cc1ccc2c(c1)c1c(n2CCc2ccc(F)cc2)CCCC(C)(N)C1. The van der Waals surface area contributed by atoms with Crippen LogP contribution in [0, 0.1) is 12.7 Å². The van der Waals surface area contributed by atoms with Crippen molar-refractivity contribution in [3.05, 3.63) is 70.7 Å². The minimum Gasteiger partial charge on any atom is -0.344 e. The van der Waals surface area contributed by atoms with Crippen molar-refractivity contribution >= 4 is 10.9 Å². The average molecular weight is 350 g/mol. The van der Waals surface area contributed by atoms with Crippen molar-refractivity contribution in [1.29, 1.82) is 0 Å². The zero-order valence-corrected chi connectivity index (χ0v) is 15.7. The van der Waals surface area contributed by atoms with Gasteiger partial charge in [-0.1, -0.05) is 23.8 Å². The highest BCUT2D eigenvalue weighted by Gasteiger charge is 2.28. The molecule has 1 aliphatic rings. The summed E-state index contributed by atoms with van der Waals surface area (Å²) in [5, 5.41) is 1.36. The molecule has 1 atom stereocenters. The van der Waals surface area contributed by atoms with Crippen molar-refractivity contribution in [2.45, 2.75) is 58.0 Å². The Kier molecular flexibility index (Phi) is 4.36. The largest absolute Gasteiger partial charge is 0.344 e. The first-order valence-electron chi connectivity index (χ1n) is 9.57. The quantitative estimate of drug-likeness (QED) is 0.667. The molecule has 1 unspecified atom stereocenters.